The molecule has 0 fully saturated rings. The van der Waals surface area contributed by atoms with Gasteiger partial charge in [-0.15, -0.1) is 0 Å². The Labute approximate surface area is 149 Å². The molecule has 0 aliphatic carbocycles. The molecule has 3 aliphatic heterocycles. The van der Waals surface area contributed by atoms with E-state index in [2.05, 4.69) is 0 Å². The first kappa shape index (κ1) is 15.0. The number of para-hydroxylation sites is 1. The summed E-state index contributed by atoms with van der Waals surface area (Å²) in [5, 5.41) is 0. The Morgan fingerprint density at radius 3 is 2.58 bits per heavy atom. The van der Waals surface area contributed by atoms with Crippen LogP contribution in [0.1, 0.15) is 17.9 Å². The zero-order chi connectivity index (χ0) is 17.7. The molecule has 0 bridgehead atoms. The number of ether oxygens (including phenoxy) is 3. The van der Waals surface area contributed by atoms with Crippen molar-refractivity contribution >= 4 is 17.6 Å². The van der Waals surface area contributed by atoms with E-state index < -0.39 is 0 Å². The Hall–Kier alpha value is -3.28. The van der Waals surface area contributed by atoms with Gasteiger partial charge in [-0.25, -0.2) is 4.79 Å². The fourth-order valence-corrected chi connectivity index (χ4v) is 3.75. The average Bonchev–Trinajstić information content (AvgIpc) is 3.28. The van der Waals surface area contributed by atoms with Crippen molar-refractivity contribution in [3.8, 4) is 11.5 Å². The molecule has 1 amide bonds. The summed E-state index contributed by atoms with van der Waals surface area (Å²) in [6, 6.07) is 14.9. The molecule has 1 atom stereocenters. The quantitative estimate of drug-likeness (QED) is 0.780. The smallest absolute Gasteiger partial charge is 0.336 e. The van der Waals surface area contributed by atoms with Gasteiger partial charge in [-0.05, 0) is 29.8 Å². The van der Waals surface area contributed by atoms with Gasteiger partial charge in [0.2, 0.25) is 12.7 Å². The van der Waals surface area contributed by atoms with Crippen LogP contribution >= 0.6 is 0 Å². The molecule has 2 aromatic carbocycles. The van der Waals surface area contributed by atoms with Crippen LogP contribution in [-0.4, -0.2) is 25.3 Å². The lowest BCUT2D eigenvalue weighted by atomic mass is 9.84. The van der Waals surface area contributed by atoms with Gasteiger partial charge in [-0.1, -0.05) is 24.3 Å². The van der Waals surface area contributed by atoms with E-state index in [1.165, 1.54) is 0 Å². The molecule has 1 unspecified atom stereocenters. The van der Waals surface area contributed by atoms with Crippen LogP contribution in [0.15, 0.2) is 59.8 Å². The molecule has 6 heteroatoms. The second kappa shape index (κ2) is 5.62. The minimum Gasteiger partial charge on any atom is -0.456 e. The predicted molar refractivity (Wildman–Crippen MR) is 91.8 cm³/mol. The number of nitrogens with zero attached hydrogens (tertiary/aromatic N) is 1. The highest BCUT2D eigenvalue weighted by Gasteiger charge is 2.43. The molecule has 0 saturated heterocycles. The van der Waals surface area contributed by atoms with Crippen molar-refractivity contribution in [2.45, 2.75) is 12.3 Å². The number of rotatable bonds is 2. The SMILES string of the molecule is O=C1OCC2=C1C(c1ccc3c(c1)OCO3)CC(=O)N2c1ccccc1. The minimum atomic E-state index is -0.365. The summed E-state index contributed by atoms with van der Waals surface area (Å²) in [4.78, 5) is 27.0. The van der Waals surface area contributed by atoms with Gasteiger partial charge in [-0.2, -0.15) is 0 Å². The molecule has 0 radical (unpaired) electrons. The summed E-state index contributed by atoms with van der Waals surface area (Å²) in [5.74, 6) is 0.535. The van der Waals surface area contributed by atoms with Crippen LogP contribution in [0.4, 0.5) is 5.69 Å². The Balaban J connectivity index is 1.61. The van der Waals surface area contributed by atoms with Gasteiger partial charge in [0.15, 0.2) is 11.5 Å². The highest BCUT2D eigenvalue weighted by Crippen LogP contribution is 2.44. The fraction of sp³-hybridized carbons (Fsp3) is 0.200. The van der Waals surface area contributed by atoms with Crippen LogP contribution in [0.5, 0.6) is 11.5 Å². The van der Waals surface area contributed by atoms with E-state index in [-0.39, 0.29) is 37.6 Å². The highest BCUT2D eigenvalue weighted by molar-refractivity contribution is 6.06. The average molecular weight is 349 g/mol. The molecule has 6 nitrogen and oxygen atoms in total. The Morgan fingerprint density at radius 1 is 0.923 bits per heavy atom. The van der Waals surface area contributed by atoms with Crippen molar-refractivity contribution < 1.29 is 23.8 Å². The molecule has 3 aliphatic rings. The molecule has 0 aromatic heterocycles. The van der Waals surface area contributed by atoms with Crippen LogP contribution in [0.3, 0.4) is 0 Å². The number of cyclic esters (lactones) is 1. The number of esters is 1. The number of hydrogen-bond donors (Lipinski definition) is 0. The third-order valence-corrected chi connectivity index (χ3v) is 4.93. The first-order chi connectivity index (χ1) is 12.7. The third-order valence-electron chi connectivity index (χ3n) is 4.93. The third kappa shape index (κ3) is 2.19. The lowest BCUT2D eigenvalue weighted by molar-refractivity contribution is -0.136. The maximum absolute atomic E-state index is 12.9. The number of hydrogen-bond acceptors (Lipinski definition) is 5. The van der Waals surface area contributed by atoms with Gasteiger partial charge in [-0.3, -0.25) is 9.69 Å². The number of anilines is 1. The molecule has 2 aromatic rings. The van der Waals surface area contributed by atoms with Gasteiger partial charge >= 0.3 is 5.97 Å². The molecule has 0 saturated carbocycles. The topological polar surface area (TPSA) is 65.1 Å². The fourth-order valence-electron chi connectivity index (χ4n) is 3.75. The molecule has 3 heterocycles. The summed E-state index contributed by atoms with van der Waals surface area (Å²) in [6.45, 7) is 0.288. The summed E-state index contributed by atoms with van der Waals surface area (Å²) in [6.07, 6.45) is 0.197. The lowest BCUT2D eigenvalue weighted by Crippen LogP contribution is -2.37. The molecular weight excluding hydrogens is 334 g/mol. The second-order valence-electron chi connectivity index (χ2n) is 6.37. The van der Waals surface area contributed by atoms with Gasteiger partial charge in [0.1, 0.15) is 6.61 Å². The number of benzene rings is 2. The lowest BCUT2D eigenvalue weighted by Gasteiger charge is -2.31. The van der Waals surface area contributed by atoms with Crippen molar-refractivity contribution in [1.82, 2.24) is 0 Å². The first-order valence-corrected chi connectivity index (χ1v) is 8.40. The van der Waals surface area contributed by atoms with Gasteiger partial charge < -0.3 is 14.2 Å². The van der Waals surface area contributed by atoms with Crippen molar-refractivity contribution in [2.75, 3.05) is 18.3 Å². The minimum absolute atomic E-state index is 0.0593. The maximum Gasteiger partial charge on any atom is 0.336 e. The van der Waals surface area contributed by atoms with E-state index >= 15 is 0 Å². The van der Waals surface area contributed by atoms with Crippen LogP contribution in [-0.2, 0) is 14.3 Å². The number of fused-ring (bicyclic) bond motifs is 1. The normalized spacial score (nSPS) is 21.1. The Bertz CT molecular complexity index is 950. The zero-order valence-electron chi connectivity index (χ0n) is 13.8. The second-order valence-corrected chi connectivity index (χ2v) is 6.37. The van der Waals surface area contributed by atoms with E-state index in [0.717, 1.165) is 11.3 Å². The van der Waals surface area contributed by atoms with Gasteiger partial charge in [0, 0.05) is 18.0 Å². The van der Waals surface area contributed by atoms with Gasteiger partial charge in [0.05, 0.1) is 11.3 Å². The van der Waals surface area contributed by atoms with E-state index in [1.54, 1.807) is 4.90 Å². The summed E-state index contributed by atoms with van der Waals surface area (Å²) >= 11 is 0. The molecular formula is C20H15NO5. The number of carbonyl (C=O) groups is 2. The predicted octanol–water partition coefficient (Wildman–Crippen LogP) is 2.75. The summed E-state index contributed by atoms with van der Waals surface area (Å²) < 4.78 is 16.1. The van der Waals surface area contributed by atoms with E-state index in [1.807, 2.05) is 48.5 Å². The van der Waals surface area contributed by atoms with Crippen molar-refractivity contribution in [2.24, 2.45) is 0 Å². The summed E-state index contributed by atoms with van der Waals surface area (Å²) in [5.41, 5.74) is 2.77. The maximum atomic E-state index is 12.9. The number of carbonyl (C=O) groups excluding carboxylic acids is 2. The van der Waals surface area contributed by atoms with Crippen molar-refractivity contribution in [1.29, 1.82) is 0 Å². The van der Waals surface area contributed by atoms with Crippen LogP contribution in [0.25, 0.3) is 0 Å². The van der Waals surface area contributed by atoms with Crippen molar-refractivity contribution in [3.63, 3.8) is 0 Å². The highest BCUT2D eigenvalue weighted by atomic mass is 16.7. The molecule has 26 heavy (non-hydrogen) atoms. The molecule has 5 rings (SSSR count). The standard InChI is InChI=1S/C20H15NO5/c22-18-9-14(12-6-7-16-17(8-12)26-11-25-16)19-15(10-24-20(19)23)21(18)13-4-2-1-3-5-13/h1-8,14H,9-11H2. The van der Waals surface area contributed by atoms with Crippen LogP contribution in [0.2, 0.25) is 0 Å². The van der Waals surface area contributed by atoms with E-state index in [9.17, 15) is 9.59 Å². The Kier molecular flexibility index (Phi) is 3.25. The van der Waals surface area contributed by atoms with Crippen LogP contribution in [0, 0.1) is 0 Å². The van der Waals surface area contributed by atoms with Gasteiger partial charge in [0.25, 0.3) is 0 Å². The van der Waals surface area contributed by atoms with E-state index in [4.69, 9.17) is 14.2 Å². The van der Waals surface area contributed by atoms with Crippen LogP contribution < -0.4 is 14.4 Å². The van der Waals surface area contributed by atoms with Crippen molar-refractivity contribution in [3.05, 3.63) is 65.4 Å². The molecule has 0 N–H and O–H groups in total. The first-order valence-electron chi connectivity index (χ1n) is 8.40. The monoisotopic (exact) mass is 349 g/mol. The van der Waals surface area contributed by atoms with E-state index in [0.29, 0.717) is 22.8 Å². The zero-order valence-corrected chi connectivity index (χ0v) is 13.8. The Morgan fingerprint density at radius 2 is 1.73 bits per heavy atom. The molecule has 0 spiro atoms. The summed E-state index contributed by atoms with van der Waals surface area (Å²) in [7, 11) is 0. The number of amides is 1. The largest absolute Gasteiger partial charge is 0.456 e. The molecule has 130 valence electrons.